The molecule has 0 unspecified atom stereocenters. The molecule has 5 heteroatoms. The molecule has 24 heavy (non-hydrogen) atoms. The van der Waals surface area contributed by atoms with Crippen LogP contribution in [0.2, 0.25) is 0 Å². The van der Waals surface area contributed by atoms with Crippen molar-refractivity contribution in [2.45, 2.75) is 37.8 Å². The fourth-order valence-corrected chi connectivity index (χ4v) is 5.00. The lowest BCUT2D eigenvalue weighted by Gasteiger charge is -2.50. The quantitative estimate of drug-likeness (QED) is 0.854. The molecule has 130 valence electrons. The van der Waals surface area contributed by atoms with Crippen LogP contribution in [0.1, 0.15) is 31.2 Å². The van der Waals surface area contributed by atoms with Crippen LogP contribution in [0.3, 0.4) is 0 Å². The van der Waals surface area contributed by atoms with Gasteiger partial charge in [0.1, 0.15) is 5.75 Å². The Labute approximate surface area is 143 Å². The topological polar surface area (TPSA) is 42.0 Å². The van der Waals surface area contributed by atoms with Crippen LogP contribution < -0.4 is 4.74 Å². The Bertz CT molecular complexity index is 612. The van der Waals surface area contributed by atoms with Gasteiger partial charge in [0.2, 0.25) is 0 Å². The van der Waals surface area contributed by atoms with Crippen LogP contribution in [0.4, 0.5) is 4.79 Å². The number of carbonyl (C=O) groups excluding carboxylic acids is 1. The average Bonchev–Trinajstić information content (AvgIpc) is 3.06. The smallest absolute Gasteiger partial charge is 0.410 e. The van der Waals surface area contributed by atoms with Crippen molar-refractivity contribution in [3.63, 3.8) is 0 Å². The number of rotatable bonds is 3. The van der Waals surface area contributed by atoms with Gasteiger partial charge in [-0.15, -0.1) is 0 Å². The van der Waals surface area contributed by atoms with Gasteiger partial charge >= 0.3 is 6.09 Å². The highest BCUT2D eigenvalue weighted by molar-refractivity contribution is 5.69. The highest BCUT2D eigenvalue weighted by Crippen LogP contribution is 2.47. The third kappa shape index (κ3) is 2.46. The average molecular weight is 330 g/mol. The van der Waals surface area contributed by atoms with Crippen molar-refractivity contribution in [2.75, 3.05) is 33.4 Å². The van der Waals surface area contributed by atoms with E-state index in [4.69, 9.17) is 9.47 Å². The molecule has 1 aromatic carbocycles. The van der Waals surface area contributed by atoms with Crippen molar-refractivity contribution < 1.29 is 14.3 Å². The highest BCUT2D eigenvalue weighted by atomic mass is 16.6. The first-order valence-electron chi connectivity index (χ1n) is 9.04. The monoisotopic (exact) mass is 330 g/mol. The van der Waals surface area contributed by atoms with Gasteiger partial charge in [-0.05, 0) is 56.5 Å². The Hall–Kier alpha value is -1.75. The molecule has 5 nitrogen and oxygen atoms in total. The fourth-order valence-electron chi connectivity index (χ4n) is 5.00. The minimum Gasteiger partial charge on any atom is -0.497 e. The number of piperidine rings is 3. The standard InChI is InChI=1S/C19H26N2O3/c1-3-24-19(22)21-12-16(14-5-4-6-15(11-14)23-2)18-17(21)13-7-9-20(18)10-8-13/h4-6,11,13,16-18H,3,7-10,12H2,1-2H3/t16-,17-,18-/m1/s1. The largest absolute Gasteiger partial charge is 0.497 e. The molecule has 2 bridgehead atoms. The summed E-state index contributed by atoms with van der Waals surface area (Å²) in [7, 11) is 1.70. The van der Waals surface area contributed by atoms with Gasteiger partial charge in [0.05, 0.1) is 19.8 Å². The van der Waals surface area contributed by atoms with Gasteiger partial charge < -0.3 is 14.4 Å². The van der Waals surface area contributed by atoms with Gasteiger partial charge in [-0.25, -0.2) is 4.79 Å². The molecule has 0 spiro atoms. The molecule has 0 saturated carbocycles. The lowest BCUT2D eigenvalue weighted by atomic mass is 9.75. The third-order valence-electron chi connectivity index (χ3n) is 6.02. The molecule has 1 aromatic rings. The first-order chi connectivity index (χ1) is 11.7. The van der Waals surface area contributed by atoms with Crippen LogP contribution in [0.5, 0.6) is 5.75 Å². The van der Waals surface area contributed by atoms with Crippen molar-refractivity contribution in [3.8, 4) is 5.75 Å². The zero-order valence-electron chi connectivity index (χ0n) is 14.5. The second kappa shape index (κ2) is 6.28. The van der Waals surface area contributed by atoms with Gasteiger partial charge in [0.25, 0.3) is 0 Å². The van der Waals surface area contributed by atoms with Gasteiger partial charge in [0.15, 0.2) is 0 Å². The maximum absolute atomic E-state index is 12.5. The summed E-state index contributed by atoms with van der Waals surface area (Å²) < 4.78 is 10.8. The molecule has 0 aromatic heterocycles. The Morgan fingerprint density at radius 1 is 1.25 bits per heavy atom. The molecule has 3 atom stereocenters. The summed E-state index contributed by atoms with van der Waals surface area (Å²) in [6.07, 6.45) is 2.25. The van der Waals surface area contributed by atoms with E-state index < -0.39 is 0 Å². The van der Waals surface area contributed by atoms with E-state index in [1.165, 1.54) is 18.4 Å². The zero-order valence-corrected chi connectivity index (χ0v) is 14.5. The summed E-state index contributed by atoms with van der Waals surface area (Å²) in [5.74, 6) is 1.83. The van der Waals surface area contributed by atoms with Crippen LogP contribution in [-0.2, 0) is 4.74 Å². The third-order valence-corrected chi connectivity index (χ3v) is 6.02. The Balaban J connectivity index is 1.68. The lowest BCUT2D eigenvalue weighted by molar-refractivity contribution is -0.00688. The molecule has 1 amide bonds. The molecule has 0 aliphatic carbocycles. The molecule has 4 fully saturated rings. The van der Waals surface area contributed by atoms with Crippen LogP contribution in [0.25, 0.3) is 0 Å². The summed E-state index contributed by atoms with van der Waals surface area (Å²) in [4.78, 5) is 17.1. The van der Waals surface area contributed by atoms with E-state index in [2.05, 4.69) is 17.0 Å². The lowest BCUT2D eigenvalue weighted by Crippen LogP contribution is -2.60. The molecule has 4 heterocycles. The van der Waals surface area contributed by atoms with E-state index in [0.29, 0.717) is 30.5 Å². The number of methoxy groups -OCH3 is 1. The second-order valence-corrected chi connectivity index (χ2v) is 7.09. The Morgan fingerprint density at radius 2 is 2.04 bits per heavy atom. The van der Waals surface area contributed by atoms with Crippen LogP contribution in [-0.4, -0.2) is 61.3 Å². The number of likely N-dealkylation sites (tertiary alicyclic amines) is 1. The van der Waals surface area contributed by atoms with Crippen molar-refractivity contribution in [2.24, 2.45) is 5.92 Å². The number of benzene rings is 1. The number of amides is 1. The summed E-state index contributed by atoms with van der Waals surface area (Å²) >= 11 is 0. The molecule has 4 aliphatic rings. The number of ether oxygens (including phenoxy) is 2. The normalized spacial score (nSPS) is 34.1. The molecule has 0 radical (unpaired) electrons. The van der Waals surface area contributed by atoms with Gasteiger partial charge in [-0.2, -0.15) is 0 Å². The number of fused-ring (bicyclic) bond motifs is 2. The van der Waals surface area contributed by atoms with E-state index in [9.17, 15) is 4.79 Å². The summed E-state index contributed by atoms with van der Waals surface area (Å²) in [5.41, 5.74) is 1.27. The van der Waals surface area contributed by atoms with Crippen molar-refractivity contribution in [1.29, 1.82) is 0 Å². The maximum atomic E-state index is 12.5. The van der Waals surface area contributed by atoms with E-state index in [0.717, 1.165) is 25.4 Å². The predicted molar refractivity (Wildman–Crippen MR) is 91.3 cm³/mol. The van der Waals surface area contributed by atoms with Crippen LogP contribution in [0.15, 0.2) is 24.3 Å². The van der Waals surface area contributed by atoms with Crippen molar-refractivity contribution in [1.82, 2.24) is 9.80 Å². The van der Waals surface area contributed by atoms with Crippen molar-refractivity contribution in [3.05, 3.63) is 29.8 Å². The van der Waals surface area contributed by atoms with Gasteiger partial charge in [-0.1, -0.05) is 12.1 Å². The molecule has 0 N–H and O–H groups in total. The first kappa shape index (κ1) is 15.8. The minimum atomic E-state index is -0.147. The van der Waals surface area contributed by atoms with Crippen LogP contribution >= 0.6 is 0 Å². The fraction of sp³-hybridized carbons (Fsp3) is 0.632. The predicted octanol–water partition coefficient (Wildman–Crippen LogP) is 2.71. The Kier molecular flexibility index (Phi) is 4.12. The minimum absolute atomic E-state index is 0.147. The van der Waals surface area contributed by atoms with Gasteiger partial charge in [0, 0.05) is 18.5 Å². The zero-order chi connectivity index (χ0) is 16.7. The first-order valence-corrected chi connectivity index (χ1v) is 9.04. The number of hydrogen-bond donors (Lipinski definition) is 0. The maximum Gasteiger partial charge on any atom is 0.410 e. The number of hydrogen-bond acceptors (Lipinski definition) is 4. The molecule has 4 aliphatic heterocycles. The van der Waals surface area contributed by atoms with E-state index in [1.807, 2.05) is 24.0 Å². The highest BCUT2D eigenvalue weighted by Gasteiger charge is 2.55. The van der Waals surface area contributed by atoms with Crippen molar-refractivity contribution >= 4 is 6.09 Å². The summed E-state index contributed by atoms with van der Waals surface area (Å²) in [6, 6.07) is 9.03. The van der Waals surface area contributed by atoms with E-state index in [1.54, 1.807) is 7.11 Å². The number of carbonyl (C=O) groups is 1. The second-order valence-electron chi connectivity index (χ2n) is 7.09. The molecular formula is C19H26N2O3. The summed E-state index contributed by atoms with van der Waals surface area (Å²) in [5, 5.41) is 0. The molecule has 5 rings (SSSR count). The SMILES string of the molecule is CCOC(=O)N1C[C@H](c2cccc(OC)c2)[C@@H]2[C@H]1C1CCN2CC1. The van der Waals surface area contributed by atoms with E-state index >= 15 is 0 Å². The van der Waals surface area contributed by atoms with Gasteiger partial charge in [-0.3, -0.25) is 4.90 Å². The molecular weight excluding hydrogens is 304 g/mol. The number of nitrogens with zero attached hydrogens (tertiary/aromatic N) is 2. The van der Waals surface area contributed by atoms with Crippen LogP contribution in [0, 0.1) is 5.92 Å². The molecule has 4 saturated heterocycles. The van der Waals surface area contributed by atoms with E-state index in [-0.39, 0.29) is 6.09 Å². The Morgan fingerprint density at radius 3 is 2.75 bits per heavy atom. The summed E-state index contributed by atoms with van der Waals surface area (Å²) in [6.45, 7) is 5.37.